The summed E-state index contributed by atoms with van der Waals surface area (Å²) in [5, 5.41) is 12.5. The highest BCUT2D eigenvalue weighted by Crippen LogP contribution is 2.11. The summed E-state index contributed by atoms with van der Waals surface area (Å²) >= 11 is 5.48. The van der Waals surface area contributed by atoms with E-state index in [1.54, 1.807) is 12.4 Å². The molecular weight excluding hydrogens is 332 g/mol. The minimum Gasteiger partial charge on any atom is -0.346 e. The van der Waals surface area contributed by atoms with Crippen LogP contribution in [0.25, 0.3) is 0 Å². The number of hydrogen-bond acceptors (Lipinski definition) is 3. The molecule has 7 heteroatoms. The Morgan fingerprint density at radius 3 is 2.64 bits per heavy atom. The molecule has 1 aromatic carbocycles. The molecule has 0 saturated heterocycles. The molecule has 0 atom stereocenters. The molecule has 0 aliphatic carbocycles. The monoisotopic (exact) mass is 354 g/mol. The largest absolute Gasteiger partial charge is 0.346 e. The van der Waals surface area contributed by atoms with E-state index >= 15 is 0 Å². The maximum Gasteiger partial charge on any atom is 0.173 e. The van der Waals surface area contributed by atoms with Crippen molar-refractivity contribution in [3.63, 3.8) is 0 Å². The van der Waals surface area contributed by atoms with E-state index in [1.807, 2.05) is 40.6 Å². The molecule has 0 amide bonds. The van der Waals surface area contributed by atoms with Gasteiger partial charge in [-0.05, 0) is 30.8 Å². The van der Waals surface area contributed by atoms with Crippen molar-refractivity contribution >= 4 is 23.0 Å². The summed E-state index contributed by atoms with van der Waals surface area (Å²) in [6, 6.07) is 10.5. The lowest BCUT2D eigenvalue weighted by Gasteiger charge is -2.20. The number of nitrogens with zero attached hydrogens (tertiary/aromatic N) is 5. The van der Waals surface area contributed by atoms with Crippen molar-refractivity contribution < 1.29 is 0 Å². The van der Waals surface area contributed by atoms with Crippen LogP contribution >= 0.6 is 12.2 Å². The Bertz CT molecular complexity index is 849. The Balaban J connectivity index is 1.57. The topological polar surface area (TPSA) is 50.9 Å². The third-order valence-corrected chi connectivity index (χ3v) is 4.43. The molecule has 0 unspecified atom stereocenters. The molecule has 3 aromatic rings. The van der Waals surface area contributed by atoms with Crippen molar-refractivity contribution in [1.29, 1.82) is 0 Å². The van der Waals surface area contributed by atoms with Crippen LogP contribution in [0.15, 0.2) is 48.9 Å². The van der Waals surface area contributed by atoms with Crippen LogP contribution in [-0.2, 0) is 20.1 Å². The maximum absolute atomic E-state index is 5.48. The highest BCUT2D eigenvalue weighted by atomic mass is 32.1. The third-order valence-electron chi connectivity index (χ3n) is 4.02. The standard InChI is InChI=1S/C18H22N6S/c1-14-4-6-15(7-5-14)11-24-12-16(10-20-24)21-18(25)22(2)13-17-8-9-19-23(17)3/h4-10,12H,11,13H2,1-3H3,(H,21,25). The molecule has 25 heavy (non-hydrogen) atoms. The van der Waals surface area contributed by atoms with Gasteiger partial charge >= 0.3 is 0 Å². The number of aryl methyl sites for hydroxylation is 2. The number of hydrogen-bond donors (Lipinski definition) is 1. The number of benzene rings is 1. The molecule has 0 spiro atoms. The van der Waals surface area contributed by atoms with E-state index < -0.39 is 0 Å². The number of anilines is 1. The molecular formula is C18H22N6S. The molecule has 1 N–H and O–H groups in total. The predicted molar refractivity (Wildman–Crippen MR) is 103 cm³/mol. The molecule has 0 radical (unpaired) electrons. The Morgan fingerprint density at radius 2 is 1.96 bits per heavy atom. The fraction of sp³-hybridized carbons (Fsp3) is 0.278. The van der Waals surface area contributed by atoms with Gasteiger partial charge in [-0.3, -0.25) is 9.36 Å². The van der Waals surface area contributed by atoms with Crippen LogP contribution in [0, 0.1) is 6.92 Å². The summed E-state index contributed by atoms with van der Waals surface area (Å²) in [4.78, 5) is 1.98. The van der Waals surface area contributed by atoms with Gasteiger partial charge < -0.3 is 10.2 Å². The van der Waals surface area contributed by atoms with Crippen molar-refractivity contribution in [2.45, 2.75) is 20.0 Å². The van der Waals surface area contributed by atoms with Crippen LogP contribution in [0.2, 0.25) is 0 Å². The average Bonchev–Trinajstić information content (AvgIpc) is 3.19. The molecule has 3 rings (SSSR count). The lowest BCUT2D eigenvalue weighted by atomic mass is 10.1. The van der Waals surface area contributed by atoms with Gasteiger partial charge in [0.1, 0.15) is 0 Å². The van der Waals surface area contributed by atoms with Crippen molar-refractivity contribution in [3.05, 3.63) is 65.7 Å². The summed E-state index contributed by atoms with van der Waals surface area (Å²) < 4.78 is 3.75. The fourth-order valence-electron chi connectivity index (χ4n) is 2.49. The molecule has 130 valence electrons. The Kier molecular flexibility index (Phi) is 5.14. The lowest BCUT2D eigenvalue weighted by Crippen LogP contribution is -2.31. The first-order chi connectivity index (χ1) is 12.0. The summed E-state index contributed by atoms with van der Waals surface area (Å²) in [6.07, 6.45) is 5.54. The number of rotatable bonds is 5. The molecule has 6 nitrogen and oxygen atoms in total. The second-order valence-electron chi connectivity index (χ2n) is 6.14. The van der Waals surface area contributed by atoms with Crippen molar-refractivity contribution in [2.75, 3.05) is 12.4 Å². The highest BCUT2D eigenvalue weighted by molar-refractivity contribution is 7.80. The van der Waals surface area contributed by atoms with E-state index in [0.717, 1.165) is 17.9 Å². The maximum atomic E-state index is 5.48. The normalized spacial score (nSPS) is 10.7. The Labute approximate surface area is 153 Å². The van der Waals surface area contributed by atoms with Gasteiger partial charge in [0.15, 0.2) is 5.11 Å². The average molecular weight is 354 g/mol. The number of aromatic nitrogens is 4. The van der Waals surface area contributed by atoms with E-state index in [0.29, 0.717) is 11.7 Å². The zero-order valence-electron chi connectivity index (χ0n) is 14.7. The van der Waals surface area contributed by atoms with Crippen LogP contribution in [0.4, 0.5) is 5.69 Å². The number of thiocarbonyl (C=S) groups is 1. The van der Waals surface area contributed by atoms with Gasteiger partial charge in [-0.2, -0.15) is 10.2 Å². The van der Waals surface area contributed by atoms with Gasteiger partial charge in [0.05, 0.1) is 30.7 Å². The molecule has 0 fully saturated rings. The van der Waals surface area contributed by atoms with E-state index in [1.165, 1.54) is 11.1 Å². The van der Waals surface area contributed by atoms with Crippen LogP contribution < -0.4 is 5.32 Å². The molecule has 0 aliphatic heterocycles. The SMILES string of the molecule is Cc1ccc(Cn2cc(NC(=S)N(C)Cc3ccnn3C)cn2)cc1. The van der Waals surface area contributed by atoms with Gasteiger partial charge in [-0.15, -0.1) is 0 Å². The zero-order valence-corrected chi connectivity index (χ0v) is 15.5. The van der Waals surface area contributed by atoms with Gasteiger partial charge in [-0.25, -0.2) is 0 Å². The lowest BCUT2D eigenvalue weighted by molar-refractivity contribution is 0.482. The first kappa shape index (κ1) is 17.2. The van der Waals surface area contributed by atoms with Crippen molar-refractivity contribution in [1.82, 2.24) is 24.5 Å². The van der Waals surface area contributed by atoms with Crippen LogP contribution in [0.3, 0.4) is 0 Å². The number of nitrogens with one attached hydrogen (secondary N) is 1. The first-order valence-corrected chi connectivity index (χ1v) is 8.49. The molecule has 0 saturated carbocycles. The molecule has 0 aliphatic rings. The Morgan fingerprint density at radius 1 is 1.20 bits per heavy atom. The van der Waals surface area contributed by atoms with Crippen molar-refractivity contribution in [2.24, 2.45) is 7.05 Å². The summed E-state index contributed by atoms with van der Waals surface area (Å²) in [6.45, 7) is 3.52. The summed E-state index contributed by atoms with van der Waals surface area (Å²) in [5.74, 6) is 0. The van der Waals surface area contributed by atoms with E-state index in [4.69, 9.17) is 12.2 Å². The predicted octanol–water partition coefficient (Wildman–Crippen LogP) is 2.80. The smallest absolute Gasteiger partial charge is 0.173 e. The van der Waals surface area contributed by atoms with Crippen LogP contribution in [0.1, 0.15) is 16.8 Å². The van der Waals surface area contributed by atoms with Crippen LogP contribution in [0.5, 0.6) is 0 Å². The van der Waals surface area contributed by atoms with Gasteiger partial charge in [0, 0.05) is 26.5 Å². The van der Waals surface area contributed by atoms with E-state index in [2.05, 4.69) is 46.7 Å². The minimum absolute atomic E-state index is 0.649. The minimum atomic E-state index is 0.649. The van der Waals surface area contributed by atoms with E-state index in [-0.39, 0.29) is 0 Å². The highest BCUT2D eigenvalue weighted by Gasteiger charge is 2.09. The fourth-order valence-corrected chi connectivity index (χ4v) is 2.67. The quantitative estimate of drug-likeness (QED) is 0.714. The Hall–Kier alpha value is -2.67. The van der Waals surface area contributed by atoms with Gasteiger partial charge in [-0.1, -0.05) is 29.8 Å². The van der Waals surface area contributed by atoms with Crippen molar-refractivity contribution in [3.8, 4) is 0 Å². The second-order valence-corrected chi connectivity index (χ2v) is 6.53. The summed E-state index contributed by atoms with van der Waals surface area (Å²) in [5.41, 5.74) is 4.46. The van der Waals surface area contributed by atoms with Gasteiger partial charge in [0.2, 0.25) is 0 Å². The van der Waals surface area contributed by atoms with Gasteiger partial charge in [0.25, 0.3) is 0 Å². The molecule has 2 aromatic heterocycles. The molecule has 0 bridgehead atoms. The zero-order chi connectivity index (χ0) is 17.8. The van der Waals surface area contributed by atoms with Crippen LogP contribution in [-0.4, -0.2) is 36.6 Å². The second kappa shape index (κ2) is 7.48. The molecule has 2 heterocycles. The van der Waals surface area contributed by atoms with E-state index in [9.17, 15) is 0 Å². The summed E-state index contributed by atoms with van der Waals surface area (Å²) in [7, 11) is 3.88. The first-order valence-electron chi connectivity index (χ1n) is 8.08. The third kappa shape index (κ3) is 4.45.